The van der Waals surface area contributed by atoms with Crippen molar-refractivity contribution in [1.29, 1.82) is 0 Å². The van der Waals surface area contributed by atoms with Crippen LogP contribution in [0.2, 0.25) is 0 Å². The molecule has 0 radical (unpaired) electrons. The fraction of sp³-hybridized carbons (Fsp3) is 0.357. The Morgan fingerprint density at radius 3 is 2.67 bits per heavy atom. The Kier molecular flexibility index (Phi) is 4.52. The van der Waals surface area contributed by atoms with E-state index in [1.165, 1.54) is 12.1 Å². The first-order valence-electron chi connectivity index (χ1n) is 6.49. The van der Waals surface area contributed by atoms with Crippen LogP contribution in [0.15, 0.2) is 18.2 Å². The zero-order valence-electron chi connectivity index (χ0n) is 11.4. The van der Waals surface area contributed by atoms with Gasteiger partial charge in [0, 0.05) is 6.04 Å². The maximum absolute atomic E-state index is 13.3. The average molecular weight is 294 g/mol. The van der Waals surface area contributed by atoms with Gasteiger partial charge in [-0.25, -0.2) is 14.0 Å². The monoisotopic (exact) mass is 294 g/mol. The lowest BCUT2D eigenvalue weighted by Gasteiger charge is -2.07. The van der Waals surface area contributed by atoms with E-state index in [9.17, 15) is 18.8 Å². The number of aryl methyl sites for hydroxylation is 1. The van der Waals surface area contributed by atoms with E-state index in [-0.39, 0.29) is 11.6 Å². The van der Waals surface area contributed by atoms with Crippen LogP contribution in [0.5, 0.6) is 0 Å². The molecule has 112 valence electrons. The number of carbonyl (C=O) groups is 3. The minimum Gasteiger partial charge on any atom is -0.452 e. The standard InChI is InChI=1S/C14H15FN2O4/c1-8-2-3-9(6-11(8)15)13(19)21-7-12(18)17-14(20)16-10-4-5-10/h2-3,6,10H,4-5,7H2,1H3,(H2,16,17,18,20). The van der Waals surface area contributed by atoms with Gasteiger partial charge in [0.1, 0.15) is 5.82 Å². The smallest absolute Gasteiger partial charge is 0.338 e. The summed E-state index contributed by atoms with van der Waals surface area (Å²) in [5.41, 5.74) is 0.411. The molecule has 1 aliphatic rings. The summed E-state index contributed by atoms with van der Waals surface area (Å²) in [6.07, 6.45) is 1.80. The maximum atomic E-state index is 13.3. The molecule has 2 N–H and O–H groups in total. The van der Waals surface area contributed by atoms with E-state index in [2.05, 4.69) is 5.32 Å². The number of nitrogens with one attached hydrogen (secondary N) is 2. The van der Waals surface area contributed by atoms with Gasteiger partial charge >= 0.3 is 12.0 Å². The summed E-state index contributed by atoms with van der Waals surface area (Å²) in [6, 6.07) is 3.39. The lowest BCUT2D eigenvalue weighted by molar-refractivity contribution is -0.123. The normalized spacial score (nSPS) is 13.4. The molecule has 3 amide bonds. The molecule has 0 aliphatic heterocycles. The predicted octanol–water partition coefficient (Wildman–Crippen LogP) is 1.28. The zero-order chi connectivity index (χ0) is 15.4. The first-order valence-corrected chi connectivity index (χ1v) is 6.49. The molecule has 0 unspecified atom stereocenters. The SMILES string of the molecule is Cc1ccc(C(=O)OCC(=O)NC(=O)NC2CC2)cc1F. The van der Waals surface area contributed by atoms with Crippen LogP contribution in [0.25, 0.3) is 0 Å². The molecule has 0 atom stereocenters. The van der Waals surface area contributed by atoms with Gasteiger partial charge in [-0.05, 0) is 37.5 Å². The molecule has 0 spiro atoms. The molecule has 0 bridgehead atoms. The summed E-state index contributed by atoms with van der Waals surface area (Å²) in [6.45, 7) is 0.961. The molecular formula is C14H15FN2O4. The number of esters is 1. The summed E-state index contributed by atoms with van der Waals surface area (Å²) >= 11 is 0. The van der Waals surface area contributed by atoms with Gasteiger partial charge in [-0.2, -0.15) is 0 Å². The van der Waals surface area contributed by atoms with Crippen molar-refractivity contribution in [3.8, 4) is 0 Å². The van der Waals surface area contributed by atoms with Gasteiger partial charge in [0.15, 0.2) is 6.61 Å². The molecule has 0 aromatic heterocycles. The van der Waals surface area contributed by atoms with E-state index in [1.807, 2.05) is 5.32 Å². The Labute approximate surface area is 120 Å². The number of urea groups is 1. The first-order chi connectivity index (χ1) is 9.95. The second-order valence-corrected chi connectivity index (χ2v) is 4.84. The fourth-order valence-electron chi connectivity index (χ4n) is 1.55. The highest BCUT2D eigenvalue weighted by molar-refractivity contribution is 5.97. The third-order valence-electron chi connectivity index (χ3n) is 2.91. The number of imide groups is 1. The van der Waals surface area contributed by atoms with Gasteiger partial charge in [0.05, 0.1) is 5.56 Å². The number of hydrogen-bond donors (Lipinski definition) is 2. The third kappa shape index (κ3) is 4.55. The second-order valence-electron chi connectivity index (χ2n) is 4.84. The molecule has 0 heterocycles. The van der Waals surface area contributed by atoms with Crippen molar-refractivity contribution in [2.75, 3.05) is 6.61 Å². The van der Waals surface area contributed by atoms with Crippen molar-refractivity contribution in [3.63, 3.8) is 0 Å². The van der Waals surface area contributed by atoms with Crippen molar-refractivity contribution < 1.29 is 23.5 Å². The number of carbonyl (C=O) groups excluding carboxylic acids is 3. The van der Waals surface area contributed by atoms with Crippen LogP contribution in [-0.4, -0.2) is 30.6 Å². The molecule has 7 heteroatoms. The summed E-state index contributed by atoms with van der Waals surface area (Å²) in [5.74, 6) is -2.10. The fourth-order valence-corrected chi connectivity index (χ4v) is 1.55. The molecule has 1 fully saturated rings. The minimum absolute atomic E-state index is 0.00771. The van der Waals surface area contributed by atoms with Crippen molar-refractivity contribution >= 4 is 17.9 Å². The van der Waals surface area contributed by atoms with Crippen LogP contribution in [-0.2, 0) is 9.53 Å². The molecule has 1 aromatic carbocycles. The van der Waals surface area contributed by atoms with Gasteiger partial charge < -0.3 is 10.1 Å². The molecule has 21 heavy (non-hydrogen) atoms. The van der Waals surface area contributed by atoms with Crippen molar-refractivity contribution in [2.45, 2.75) is 25.8 Å². The van der Waals surface area contributed by atoms with E-state index < -0.39 is 30.3 Å². The number of amides is 3. The Morgan fingerprint density at radius 1 is 1.33 bits per heavy atom. The van der Waals surface area contributed by atoms with Crippen LogP contribution in [0.1, 0.15) is 28.8 Å². The Balaban J connectivity index is 1.78. The van der Waals surface area contributed by atoms with Gasteiger partial charge in [-0.3, -0.25) is 10.1 Å². The number of rotatable bonds is 4. The summed E-state index contributed by atoms with van der Waals surface area (Å²) < 4.78 is 18.0. The predicted molar refractivity (Wildman–Crippen MR) is 71.1 cm³/mol. The highest BCUT2D eigenvalue weighted by Crippen LogP contribution is 2.18. The topological polar surface area (TPSA) is 84.5 Å². The molecule has 1 aromatic rings. The Hall–Kier alpha value is -2.44. The van der Waals surface area contributed by atoms with Crippen LogP contribution in [0, 0.1) is 12.7 Å². The van der Waals surface area contributed by atoms with Crippen LogP contribution >= 0.6 is 0 Å². The van der Waals surface area contributed by atoms with E-state index in [4.69, 9.17) is 4.74 Å². The molecule has 2 rings (SSSR count). The van der Waals surface area contributed by atoms with Gasteiger partial charge in [0.2, 0.25) is 0 Å². The van der Waals surface area contributed by atoms with Crippen LogP contribution < -0.4 is 10.6 Å². The zero-order valence-corrected chi connectivity index (χ0v) is 11.4. The number of hydrogen-bond acceptors (Lipinski definition) is 4. The Morgan fingerprint density at radius 2 is 2.05 bits per heavy atom. The van der Waals surface area contributed by atoms with Gasteiger partial charge in [-0.1, -0.05) is 6.07 Å². The summed E-state index contributed by atoms with van der Waals surface area (Å²) in [7, 11) is 0. The largest absolute Gasteiger partial charge is 0.452 e. The van der Waals surface area contributed by atoms with Crippen molar-refractivity contribution in [3.05, 3.63) is 35.1 Å². The maximum Gasteiger partial charge on any atom is 0.338 e. The quantitative estimate of drug-likeness (QED) is 0.819. The van der Waals surface area contributed by atoms with Crippen LogP contribution in [0.4, 0.5) is 9.18 Å². The number of benzene rings is 1. The number of halogens is 1. The summed E-state index contributed by atoms with van der Waals surface area (Å²) in [5, 5.41) is 4.60. The lowest BCUT2D eigenvalue weighted by Crippen LogP contribution is -2.42. The molecule has 0 saturated heterocycles. The lowest BCUT2D eigenvalue weighted by atomic mass is 10.1. The first kappa shape index (κ1) is 15.0. The highest BCUT2D eigenvalue weighted by atomic mass is 19.1. The third-order valence-corrected chi connectivity index (χ3v) is 2.91. The van der Waals surface area contributed by atoms with E-state index in [0.717, 1.165) is 18.9 Å². The van der Waals surface area contributed by atoms with Crippen LogP contribution in [0.3, 0.4) is 0 Å². The van der Waals surface area contributed by atoms with Crippen molar-refractivity contribution in [2.24, 2.45) is 0 Å². The average Bonchev–Trinajstić information content (AvgIpc) is 3.22. The van der Waals surface area contributed by atoms with Gasteiger partial charge in [-0.15, -0.1) is 0 Å². The number of ether oxygens (including phenoxy) is 1. The minimum atomic E-state index is -0.827. The molecule has 1 saturated carbocycles. The molecule has 1 aliphatic carbocycles. The second kappa shape index (κ2) is 6.34. The van der Waals surface area contributed by atoms with E-state index in [0.29, 0.717) is 5.56 Å². The molecule has 6 nitrogen and oxygen atoms in total. The van der Waals surface area contributed by atoms with E-state index >= 15 is 0 Å². The Bertz CT molecular complexity index is 584. The van der Waals surface area contributed by atoms with E-state index in [1.54, 1.807) is 6.92 Å². The summed E-state index contributed by atoms with van der Waals surface area (Å²) in [4.78, 5) is 34.3. The highest BCUT2D eigenvalue weighted by Gasteiger charge is 2.24. The van der Waals surface area contributed by atoms with Gasteiger partial charge in [0.25, 0.3) is 5.91 Å². The van der Waals surface area contributed by atoms with Crippen molar-refractivity contribution in [1.82, 2.24) is 10.6 Å². The molecular weight excluding hydrogens is 279 g/mol.